The molecule has 2 aromatic rings. The number of hydrogen-bond acceptors (Lipinski definition) is 2. The molecule has 0 aliphatic rings. The minimum absolute atomic E-state index is 0.0654. The Labute approximate surface area is 111 Å². The number of rotatable bonds is 3. The summed E-state index contributed by atoms with van der Waals surface area (Å²) in [6, 6.07) is 5.46. The summed E-state index contributed by atoms with van der Waals surface area (Å²) in [6.45, 7) is 4.13. The molecule has 1 aromatic carbocycles. The van der Waals surface area contributed by atoms with Gasteiger partial charge in [0.25, 0.3) is 5.91 Å². The van der Waals surface area contributed by atoms with Crippen LogP contribution >= 0.6 is 11.6 Å². The van der Waals surface area contributed by atoms with E-state index < -0.39 is 0 Å². The summed E-state index contributed by atoms with van der Waals surface area (Å²) in [6.07, 6.45) is 0. The van der Waals surface area contributed by atoms with Crippen molar-refractivity contribution in [3.63, 3.8) is 0 Å². The first-order valence-electron chi connectivity index (χ1n) is 5.82. The van der Waals surface area contributed by atoms with Gasteiger partial charge in [0.15, 0.2) is 0 Å². The van der Waals surface area contributed by atoms with E-state index in [9.17, 15) is 4.79 Å². The predicted octanol–water partition coefficient (Wildman–Crippen LogP) is 2.21. The molecule has 0 saturated carbocycles. The van der Waals surface area contributed by atoms with Crippen LogP contribution in [0.15, 0.2) is 18.2 Å². The van der Waals surface area contributed by atoms with Crippen molar-refractivity contribution >= 4 is 28.4 Å². The number of nitrogens with two attached hydrogens (primary N) is 1. The number of carbonyl (C=O) groups is 1. The summed E-state index contributed by atoms with van der Waals surface area (Å²) in [7, 11) is 0. The van der Waals surface area contributed by atoms with Crippen LogP contribution in [0.25, 0.3) is 10.9 Å². The summed E-state index contributed by atoms with van der Waals surface area (Å²) in [4.78, 5) is 15.4. The van der Waals surface area contributed by atoms with Gasteiger partial charge in [-0.15, -0.1) is 0 Å². The van der Waals surface area contributed by atoms with Gasteiger partial charge < -0.3 is 16.0 Å². The first-order valence-corrected chi connectivity index (χ1v) is 6.20. The smallest absolute Gasteiger partial charge is 0.254 e. The lowest BCUT2D eigenvalue weighted by atomic mass is 10.1. The molecule has 0 saturated heterocycles. The highest BCUT2D eigenvalue weighted by molar-refractivity contribution is 6.37. The Morgan fingerprint density at radius 1 is 1.56 bits per heavy atom. The van der Waals surface area contributed by atoms with E-state index in [0.717, 1.165) is 16.6 Å². The van der Waals surface area contributed by atoms with Crippen LogP contribution < -0.4 is 11.1 Å². The molecule has 1 aromatic heterocycles. The standard InChI is InChI=1S/C13H16ClN3O/c1-7(6-15)16-13(18)11-8(2)17-10-5-3-4-9(14)12(10)11/h3-5,7,17H,6,15H2,1-2H3,(H,16,18). The van der Waals surface area contributed by atoms with Crippen LogP contribution in [-0.2, 0) is 0 Å². The van der Waals surface area contributed by atoms with E-state index in [1.165, 1.54) is 0 Å². The molecule has 0 fully saturated rings. The molecule has 1 unspecified atom stereocenters. The summed E-state index contributed by atoms with van der Waals surface area (Å²) in [5.41, 5.74) is 7.77. The van der Waals surface area contributed by atoms with Gasteiger partial charge in [-0.1, -0.05) is 17.7 Å². The Kier molecular flexibility index (Phi) is 3.59. The SMILES string of the molecule is Cc1[nH]c2cccc(Cl)c2c1C(=O)NC(C)CN. The minimum Gasteiger partial charge on any atom is -0.358 e. The maximum absolute atomic E-state index is 12.2. The topological polar surface area (TPSA) is 70.9 Å². The number of nitrogens with one attached hydrogen (secondary N) is 2. The number of aromatic amines is 1. The fraction of sp³-hybridized carbons (Fsp3) is 0.308. The van der Waals surface area contributed by atoms with Crippen molar-refractivity contribution in [2.24, 2.45) is 5.73 Å². The van der Waals surface area contributed by atoms with Gasteiger partial charge in [0.2, 0.25) is 0 Å². The number of fused-ring (bicyclic) bond motifs is 1. The molecule has 0 aliphatic carbocycles. The second-order valence-corrected chi connectivity index (χ2v) is 4.80. The van der Waals surface area contributed by atoms with Crippen LogP contribution in [0.5, 0.6) is 0 Å². The number of hydrogen-bond donors (Lipinski definition) is 3. The van der Waals surface area contributed by atoms with Gasteiger partial charge in [0, 0.05) is 29.2 Å². The van der Waals surface area contributed by atoms with Gasteiger partial charge in [-0.05, 0) is 26.0 Å². The van der Waals surface area contributed by atoms with Crippen LogP contribution in [0, 0.1) is 6.92 Å². The Balaban J connectivity index is 2.50. The summed E-state index contributed by atoms with van der Waals surface area (Å²) in [5, 5.41) is 4.18. The van der Waals surface area contributed by atoms with Crippen molar-refractivity contribution in [2.75, 3.05) is 6.54 Å². The minimum atomic E-state index is -0.148. The fourth-order valence-corrected chi connectivity index (χ4v) is 2.24. The summed E-state index contributed by atoms with van der Waals surface area (Å²) < 4.78 is 0. The van der Waals surface area contributed by atoms with E-state index in [0.29, 0.717) is 17.1 Å². The number of benzene rings is 1. The third-order valence-electron chi connectivity index (χ3n) is 2.92. The van der Waals surface area contributed by atoms with Crippen LogP contribution in [-0.4, -0.2) is 23.5 Å². The molecular weight excluding hydrogens is 250 g/mol. The third-order valence-corrected chi connectivity index (χ3v) is 3.23. The van der Waals surface area contributed by atoms with Crippen LogP contribution in [0.1, 0.15) is 23.0 Å². The lowest BCUT2D eigenvalue weighted by molar-refractivity contribution is 0.0942. The summed E-state index contributed by atoms with van der Waals surface area (Å²) in [5.74, 6) is -0.148. The van der Waals surface area contributed by atoms with E-state index >= 15 is 0 Å². The molecule has 5 heteroatoms. The lowest BCUT2D eigenvalue weighted by Gasteiger charge is -2.11. The number of amides is 1. The highest BCUT2D eigenvalue weighted by atomic mass is 35.5. The van der Waals surface area contributed by atoms with Gasteiger partial charge in [-0.3, -0.25) is 4.79 Å². The molecule has 2 rings (SSSR count). The zero-order chi connectivity index (χ0) is 13.3. The second-order valence-electron chi connectivity index (χ2n) is 4.40. The Hall–Kier alpha value is -1.52. The Bertz CT molecular complexity index is 591. The van der Waals surface area contributed by atoms with Crippen molar-refractivity contribution in [3.8, 4) is 0 Å². The molecule has 1 heterocycles. The molecule has 4 nitrogen and oxygen atoms in total. The first-order chi connectivity index (χ1) is 8.54. The molecule has 0 spiro atoms. The highest BCUT2D eigenvalue weighted by Gasteiger charge is 2.18. The van der Waals surface area contributed by atoms with Crippen molar-refractivity contribution in [1.29, 1.82) is 0 Å². The maximum Gasteiger partial charge on any atom is 0.254 e. The van der Waals surface area contributed by atoms with Crippen LogP contribution in [0.4, 0.5) is 0 Å². The number of aryl methyl sites for hydroxylation is 1. The van der Waals surface area contributed by atoms with Gasteiger partial charge in [-0.2, -0.15) is 0 Å². The zero-order valence-corrected chi connectivity index (χ0v) is 11.1. The molecule has 1 amide bonds. The molecule has 96 valence electrons. The van der Waals surface area contributed by atoms with Crippen molar-refractivity contribution in [1.82, 2.24) is 10.3 Å². The third kappa shape index (κ3) is 2.21. The number of H-pyrrole nitrogens is 1. The normalized spacial score (nSPS) is 12.7. The number of carbonyl (C=O) groups excluding carboxylic acids is 1. The van der Waals surface area contributed by atoms with E-state index in [4.69, 9.17) is 17.3 Å². The van der Waals surface area contributed by atoms with E-state index in [-0.39, 0.29) is 11.9 Å². The largest absolute Gasteiger partial charge is 0.358 e. The van der Waals surface area contributed by atoms with E-state index in [1.54, 1.807) is 6.07 Å². The molecule has 1 atom stereocenters. The fourth-order valence-electron chi connectivity index (χ4n) is 1.97. The van der Waals surface area contributed by atoms with Gasteiger partial charge in [0.05, 0.1) is 10.6 Å². The van der Waals surface area contributed by atoms with Gasteiger partial charge in [0.1, 0.15) is 0 Å². The van der Waals surface area contributed by atoms with Gasteiger partial charge in [-0.25, -0.2) is 0 Å². The number of aromatic nitrogens is 1. The van der Waals surface area contributed by atoms with Gasteiger partial charge >= 0.3 is 0 Å². The molecule has 0 aliphatic heterocycles. The average Bonchev–Trinajstić information content (AvgIpc) is 2.66. The quantitative estimate of drug-likeness (QED) is 0.796. The predicted molar refractivity (Wildman–Crippen MR) is 74.0 cm³/mol. The summed E-state index contributed by atoms with van der Waals surface area (Å²) >= 11 is 6.17. The Morgan fingerprint density at radius 3 is 2.94 bits per heavy atom. The zero-order valence-electron chi connectivity index (χ0n) is 10.4. The molecular formula is C13H16ClN3O. The van der Waals surface area contributed by atoms with Crippen molar-refractivity contribution in [3.05, 3.63) is 34.5 Å². The van der Waals surface area contributed by atoms with Crippen molar-refractivity contribution < 1.29 is 4.79 Å². The molecule has 0 radical (unpaired) electrons. The Morgan fingerprint density at radius 2 is 2.28 bits per heavy atom. The average molecular weight is 266 g/mol. The second kappa shape index (κ2) is 5.00. The lowest BCUT2D eigenvalue weighted by Crippen LogP contribution is -2.38. The van der Waals surface area contributed by atoms with Crippen LogP contribution in [0.3, 0.4) is 0 Å². The first kappa shape index (κ1) is 12.9. The van der Waals surface area contributed by atoms with Crippen molar-refractivity contribution in [2.45, 2.75) is 19.9 Å². The maximum atomic E-state index is 12.2. The molecule has 4 N–H and O–H groups in total. The van der Waals surface area contributed by atoms with E-state index in [2.05, 4.69) is 10.3 Å². The molecule has 18 heavy (non-hydrogen) atoms. The van der Waals surface area contributed by atoms with E-state index in [1.807, 2.05) is 26.0 Å². The van der Waals surface area contributed by atoms with Crippen LogP contribution in [0.2, 0.25) is 5.02 Å². The number of halogens is 1. The highest BCUT2D eigenvalue weighted by Crippen LogP contribution is 2.28. The monoisotopic (exact) mass is 265 g/mol. The molecule has 0 bridgehead atoms.